The topological polar surface area (TPSA) is 110 Å². The second kappa shape index (κ2) is 5.93. The third kappa shape index (κ3) is 3.88. The molecule has 2 rings (SSSR count). The summed E-state index contributed by atoms with van der Waals surface area (Å²) in [5.74, 6) is 0. The molecule has 2 aromatic rings. The molecule has 0 saturated heterocycles. The summed E-state index contributed by atoms with van der Waals surface area (Å²) in [6, 6.07) is 4.04. The van der Waals surface area contributed by atoms with Crippen molar-refractivity contribution >= 4 is 33.9 Å². The van der Waals surface area contributed by atoms with Gasteiger partial charge in [0.05, 0.1) is 4.92 Å². The van der Waals surface area contributed by atoms with Gasteiger partial charge in [-0.15, -0.1) is 10.2 Å². The Labute approximate surface area is 124 Å². The fourth-order valence-corrected chi connectivity index (χ4v) is 1.92. The van der Waals surface area contributed by atoms with Crippen LogP contribution in [0.2, 0.25) is 0 Å². The van der Waals surface area contributed by atoms with E-state index in [2.05, 4.69) is 20.8 Å². The number of benzene rings is 1. The van der Waals surface area contributed by atoms with Crippen LogP contribution in [-0.2, 0) is 6.18 Å². The molecule has 1 heterocycles. The van der Waals surface area contributed by atoms with Crippen LogP contribution in [0.15, 0.2) is 24.3 Å². The number of nitro benzene ring substituents is 1. The number of carbonyl (C=O) groups excluding carboxylic acids is 1. The number of aromatic nitrogens is 2. The Morgan fingerprint density at radius 3 is 2.32 bits per heavy atom. The summed E-state index contributed by atoms with van der Waals surface area (Å²) in [7, 11) is 0. The van der Waals surface area contributed by atoms with Crippen molar-refractivity contribution in [2.75, 3.05) is 10.6 Å². The first kappa shape index (κ1) is 15.6. The molecule has 0 bridgehead atoms. The number of urea groups is 1. The minimum Gasteiger partial charge on any atom is -0.308 e. The van der Waals surface area contributed by atoms with Gasteiger partial charge >= 0.3 is 12.2 Å². The van der Waals surface area contributed by atoms with Crippen molar-refractivity contribution in [3.05, 3.63) is 39.4 Å². The number of anilines is 2. The normalized spacial score (nSPS) is 11.0. The van der Waals surface area contributed by atoms with E-state index in [1.54, 1.807) is 0 Å². The molecular formula is C10H6F3N5O3S. The van der Waals surface area contributed by atoms with E-state index >= 15 is 0 Å². The molecule has 0 radical (unpaired) electrons. The molecule has 12 heteroatoms. The smallest absolute Gasteiger partial charge is 0.308 e. The van der Waals surface area contributed by atoms with E-state index in [0.29, 0.717) is 0 Å². The lowest BCUT2D eigenvalue weighted by Gasteiger charge is -2.04. The van der Waals surface area contributed by atoms with Crippen LogP contribution in [0, 0.1) is 10.1 Å². The highest BCUT2D eigenvalue weighted by atomic mass is 32.1. The molecule has 0 aliphatic carbocycles. The summed E-state index contributed by atoms with van der Waals surface area (Å²) >= 11 is 0.177. The van der Waals surface area contributed by atoms with Crippen molar-refractivity contribution in [2.24, 2.45) is 0 Å². The Hall–Kier alpha value is -2.76. The van der Waals surface area contributed by atoms with Crippen LogP contribution in [0.25, 0.3) is 0 Å². The van der Waals surface area contributed by atoms with Crippen LogP contribution in [0.5, 0.6) is 0 Å². The maximum absolute atomic E-state index is 12.3. The zero-order chi connectivity index (χ0) is 16.3. The van der Waals surface area contributed by atoms with E-state index < -0.39 is 22.1 Å². The van der Waals surface area contributed by atoms with Crippen LogP contribution in [0.3, 0.4) is 0 Å². The van der Waals surface area contributed by atoms with Crippen LogP contribution in [0.1, 0.15) is 5.01 Å². The highest BCUT2D eigenvalue weighted by Gasteiger charge is 2.35. The SMILES string of the molecule is O=C(Nc1ccc([N+](=O)[O-])cc1)Nc1nnc(C(F)(F)F)s1. The minimum absolute atomic E-state index is 0.162. The number of hydrogen-bond donors (Lipinski definition) is 2. The molecule has 8 nitrogen and oxygen atoms in total. The van der Waals surface area contributed by atoms with Gasteiger partial charge in [-0.25, -0.2) is 4.79 Å². The van der Waals surface area contributed by atoms with Gasteiger partial charge in [-0.1, -0.05) is 11.3 Å². The number of rotatable bonds is 3. The lowest BCUT2D eigenvalue weighted by molar-refractivity contribution is -0.384. The first-order chi connectivity index (χ1) is 10.3. The first-order valence-electron chi connectivity index (χ1n) is 5.49. The van der Waals surface area contributed by atoms with E-state index in [0.717, 1.165) is 0 Å². The van der Waals surface area contributed by atoms with Gasteiger partial charge in [-0.2, -0.15) is 13.2 Å². The van der Waals surface area contributed by atoms with Gasteiger partial charge in [0.15, 0.2) is 0 Å². The zero-order valence-electron chi connectivity index (χ0n) is 10.4. The number of nitrogens with zero attached hydrogens (tertiary/aromatic N) is 3. The van der Waals surface area contributed by atoms with E-state index in [1.165, 1.54) is 24.3 Å². The monoisotopic (exact) mass is 333 g/mol. The Bertz CT molecular complexity index is 701. The van der Waals surface area contributed by atoms with Crippen molar-refractivity contribution in [3.63, 3.8) is 0 Å². The largest absolute Gasteiger partial charge is 0.445 e. The van der Waals surface area contributed by atoms with Gasteiger partial charge in [0.1, 0.15) is 0 Å². The Morgan fingerprint density at radius 2 is 1.82 bits per heavy atom. The number of carbonyl (C=O) groups is 1. The van der Waals surface area contributed by atoms with Crippen molar-refractivity contribution < 1.29 is 22.9 Å². The number of nitrogens with one attached hydrogen (secondary N) is 2. The van der Waals surface area contributed by atoms with Crippen LogP contribution < -0.4 is 10.6 Å². The lowest BCUT2D eigenvalue weighted by Crippen LogP contribution is -2.19. The second-order valence-corrected chi connectivity index (χ2v) is 4.77. The van der Waals surface area contributed by atoms with E-state index in [1.807, 2.05) is 0 Å². The summed E-state index contributed by atoms with van der Waals surface area (Å²) < 4.78 is 36.9. The molecule has 0 aliphatic heterocycles. The summed E-state index contributed by atoms with van der Waals surface area (Å²) in [4.78, 5) is 21.4. The number of hydrogen-bond acceptors (Lipinski definition) is 6. The average molecular weight is 333 g/mol. The second-order valence-electron chi connectivity index (χ2n) is 3.79. The van der Waals surface area contributed by atoms with Crippen molar-refractivity contribution in [1.29, 1.82) is 0 Å². The van der Waals surface area contributed by atoms with Gasteiger partial charge in [0.2, 0.25) is 10.1 Å². The molecule has 1 aromatic heterocycles. The van der Waals surface area contributed by atoms with E-state index in [-0.39, 0.29) is 27.8 Å². The summed E-state index contributed by atoms with van der Waals surface area (Å²) in [6.07, 6.45) is -4.63. The summed E-state index contributed by atoms with van der Waals surface area (Å²) in [5.41, 5.74) is 0.0635. The van der Waals surface area contributed by atoms with Gasteiger partial charge in [0.25, 0.3) is 5.69 Å². The average Bonchev–Trinajstić information content (AvgIpc) is 2.87. The third-order valence-electron chi connectivity index (χ3n) is 2.22. The molecule has 1 aromatic carbocycles. The lowest BCUT2D eigenvalue weighted by atomic mass is 10.3. The molecule has 0 atom stereocenters. The summed E-state index contributed by atoms with van der Waals surface area (Å²) in [6.45, 7) is 0. The minimum atomic E-state index is -4.63. The highest BCUT2D eigenvalue weighted by Crippen LogP contribution is 2.33. The molecule has 0 saturated carbocycles. The van der Waals surface area contributed by atoms with Gasteiger partial charge in [0, 0.05) is 17.8 Å². The fourth-order valence-electron chi connectivity index (χ4n) is 1.31. The van der Waals surface area contributed by atoms with Crippen molar-refractivity contribution in [2.45, 2.75) is 6.18 Å². The molecule has 116 valence electrons. The highest BCUT2D eigenvalue weighted by molar-refractivity contribution is 7.15. The van der Waals surface area contributed by atoms with Crippen molar-refractivity contribution in [1.82, 2.24) is 10.2 Å². The van der Waals surface area contributed by atoms with E-state index in [4.69, 9.17) is 0 Å². The standard InChI is InChI=1S/C10H6F3N5O3S/c11-10(12,13)7-16-17-9(22-7)15-8(19)14-5-1-3-6(4-2-5)18(20)21/h1-4H,(H2,14,15,17,19). The maximum atomic E-state index is 12.3. The van der Waals surface area contributed by atoms with E-state index in [9.17, 15) is 28.1 Å². The third-order valence-corrected chi connectivity index (χ3v) is 3.11. The Kier molecular flexibility index (Phi) is 4.21. The van der Waals surface area contributed by atoms with Gasteiger partial charge in [-0.3, -0.25) is 15.4 Å². The Morgan fingerprint density at radius 1 is 1.18 bits per heavy atom. The number of alkyl halides is 3. The quantitative estimate of drug-likeness (QED) is 0.662. The first-order valence-corrected chi connectivity index (χ1v) is 6.30. The maximum Gasteiger partial charge on any atom is 0.445 e. The van der Waals surface area contributed by atoms with Gasteiger partial charge < -0.3 is 5.32 Å². The molecule has 0 fully saturated rings. The molecule has 0 aliphatic rings. The molecule has 2 amide bonds. The molecular weight excluding hydrogens is 327 g/mol. The van der Waals surface area contributed by atoms with Gasteiger partial charge in [-0.05, 0) is 12.1 Å². The zero-order valence-corrected chi connectivity index (χ0v) is 11.2. The number of non-ortho nitro benzene ring substituents is 1. The number of amides is 2. The predicted molar refractivity (Wildman–Crippen MR) is 70.6 cm³/mol. The number of halogens is 3. The van der Waals surface area contributed by atoms with Crippen LogP contribution in [0.4, 0.5) is 34.5 Å². The molecule has 2 N–H and O–H groups in total. The summed E-state index contributed by atoms with van der Waals surface area (Å²) in [5, 5.41) is 19.4. The Balaban J connectivity index is 1.98. The molecule has 0 spiro atoms. The van der Waals surface area contributed by atoms with Crippen LogP contribution in [-0.4, -0.2) is 21.2 Å². The molecule has 0 unspecified atom stereocenters. The van der Waals surface area contributed by atoms with Crippen molar-refractivity contribution in [3.8, 4) is 0 Å². The fraction of sp³-hybridized carbons (Fsp3) is 0.100. The number of nitro groups is 1. The predicted octanol–water partition coefficient (Wildman–Crippen LogP) is 3.11. The molecule has 22 heavy (non-hydrogen) atoms. The van der Waals surface area contributed by atoms with Crippen LogP contribution >= 0.6 is 11.3 Å².